The summed E-state index contributed by atoms with van der Waals surface area (Å²) in [5, 5.41) is 11.7. The number of carbonyl (C=O) groups excluding carboxylic acids is 1. The highest BCUT2D eigenvalue weighted by atomic mass is 32.2. The van der Waals surface area contributed by atoms with Gasteiger partial charge in [0, 0.05) is 6.54 Å². The molecule has 2 N–H and O–H groups in total. The van der Waals surface area contributed by atoms with E-state index >= 15 is 0 Å². The van der Waals surface area contributed by atoms with Crippen LogP contribution in [0.25, 0.3) is 11.0 Å². The monoisotopic (exact) mass is 291 g/mol. The number of nitrogens with one attached hydrogen (secondary N) is 1. The van der Waals surface area contributed by atoms with Crippen LogP contribution in [0, 0.1) is 0 Å². The van der Waals surface area contributed by atoms with Gasteiger partial charge >= 0.3 is 5.97 Å². The summed E-state index contributed by atoms with van der Waals surface area (Å²) in [6, 6.07) is 7.50. The Balaban J connectivity index is 1.86. The maximum absolute atomic E-state index is 11.5. The van der Waals surface area contributed by atoms with Gasteiger partial charge in [0.05, 0.1) is 29.4 Å². The lowest BCUT2D eigenvalue weighted by molar-refractivity contribution is -0.136. The number of aliphatic carboxylic acids is 1. The Morgan fingerprint density at radius 3 is 2.75 bits per heavy atom. The number of thioether (sulfide) groups is 1. The van der Waals surface area contributed by atoms with Crippen LogP contribution in [0.3, 0.4) is 0 Å². The van der Waals surface area contributed by atoms with Crippen molar-refractivity contribution in [2.45, 2.75) is 11.4 Å². The van der Waals surface area contributed by atoms with Gasteiger partial charge in [0.15, 0.2) is 0 Å². The van der Waals surface area contributed by atoms with Crippen molar-refractivity contribution in [2.75, 3.05) is 12.3 Å². The summed E-state index contributed by atoms with van der Waals surface area (Å²) in [4.78, 5) is 30.4. The molecule has 2 aromatic rings. The van der Waals surface area contributed by atoms with Crippen molar-refractivity contribution in [3.63, 3.8) is 0 Å². The Kier molecular flexibility index (Phi) is 4.89. The molecule has 0 aliphatic carbocycles. The van der Waals surface area contributed by atoms with Crippen molar-refractivity contribution in [3.8, 4) is 0 Å². The van der Waals surface area contributed by atoms with Crippen LogP contribution in [0.2, 0.25) is 0 Å². The molecule has 2 rings (SSSR count). The molecule has 0 saturated carbocycles. The van der Waals surface area contributed by atoms with Crippen molar-refractivity contribution in [1.29, 1.82) is 0 Å². The molecular formula is C13H13N3O3S. The lowest BCUT2D eigenvalue weighted by atomic mass is 10.3. The fourth-order valence-corrected chi connectivity index (χ4v) is 2.18. The molecule has 7 heteroatoms. The van der Waals surface area contributed by atoms with E-state index in [1.54, 1.807) is 6.20 Å². The Bertz CT molecular complexity index is 633. The van der Waals surface area contributed by atoms with E-state index in [9.17, 15) is 9.59 Å². The number of para-hydroxylation sites is 2. The molecule has 0 unspecified atom stereocenters. The smallest absolute Gasteiger partial charge is 0.305 e. The van der Waals surface area contributed by atoms with E-state index in [1.165, 1.54) is 11.8 Å². The predicted octanol–water partition coefficient (Wildman–Crippen LogP) is 1.31. The van der Waals surface area contributed by atoms with E-state index in [-0.39, 0.29) is 24.6 Å². The predicted molar refractivity (Wildman–Crippen MR) is 75.5 cm³/mol. The van der Waals surface area contributed by atoms with Gasteiger partial charge in [-0.25, -0.2) is 4.98 Å². The molecule has 1 aromatic carbocycles. The number of fused-ring (bicyclic) bond motifs is 1. The van der Waals surface area contributed by atoms with Gasteiger partial charge < -0.3 is 10.4 Å². The number of rotatable bonds is 6. The minimum absolute atomic E-state index is 0.0772. The van der Waals surface area contributed by atoms with Crippen LogP contribution in [-0.2, 0) is 9.59 Å². The van der Waals surface area contributed by atoms with Crippen molar-refractivity contribution in [3.05, 3.63) is 30.5 Å². The second-order valence-electron chi connectivity index (χ2n) is 3.98. The average molecular weight is 291 g/mol. The van der Waals surface area contributed by atoms with Crippen LogP contribution in [0.15, 0.2) is 35.5 Å². The first-order chi connectivity index (χ1) is 9.65. The molecule has 0 aliphatic rings. The first kappa shape index (κ1) is 14.3. The largest absolute Gasteiger partial charge is 0.481 e. The number of benzene rings is 1. The van der Waals surface area contributed by atoms with Gasteiger partial charge in [-0.05, 0) is 12.1 Å². The zero-order chi connectivity index (χ0) is 14.4. The van der Waals surface area contributed by atoms with E-state index in [0.29, 0.717) is 5.03 Å². The summed E-state index contributed by atoms with van der Waals surface area (Å²) in [6.07, 6.45) is 1.55. The topological polar surface area (TPSA) is 92.2 Å². The molecule has 0 saturated heterocycles. The zero-order valence-corrected chi connectivity index (χ0v) is 11.4. The second kappa shape index (κ2) is 6.85. The van der Waals surface area contributed by atoms with E-state index in [4.69, 9.17) is 5.11 Å². The van der Waals surface area contributed by atoms with Crippen molar-refractivity contribution in [2.24, 2.45) is 0 Å². The Hall–Kier alpha value is -2.15. The number of nitrogens with zero attached hydrogens (tertiary/aromatic N) is 2. The highest BCUT2D eigenvalue weighted by Crippen LogP contribution is 2.17. The molecule has 20 heavy (non-hydrogen) atoms. The third-order valence-corrected chi connectivity index (χ3v) is 3.34. The standard InChI is InChI=1S/C13H13N3O3S/c17-11(14-6-5-13(18)19)8-20-12-7-15-9-3-1-2-4-10(9)16-12/h1-4,7H,5-6,8H2,(H,14,17)(H,18,19). The molecule has 0 spiro atoms. The van der Waals surface area contributed by atoms with Gasteiger partial charge in [-0.1, -0.05) is 23.9 Å². The molecule has 104 valence electrons. The molecule has 1 aromatic heterocycles. The minimum Gasteiger partial charge on any atom is -0.481 e. The average Bonchev–Trinajstić information content (AvgIpc) is 2.44. The molecule has 0 bridgehead atoms. The minimum atomic E-state index is -0.932. The summed E-state index contributed by atoms with van der Waals surface area (Å²) in [5.74, 6) is -0.961. The van der Waals surface area contributed by atoms with Crippen molar-refractivity contribution >= 4 is 34.7 Å². The van der Waals surface area contributed by atoms with Crippen LogP contribution >= 0.6 is 11.8 Å². The van der Waals surface area contributed by atoms with Crippen LogP contribution in [0.4, 0.5) is 0 Å². The SMILES string of the molecule is O=C(O)CCNC(=O)CSc1cnc2ccccc2n1. The fourth-order valence-electron chi connectivity index (χ4n) is 1.51. The van der Waals surface area contributed by atoms with Gasteiger partial charge in [-0.15, -0.1) is 0 Å². The van der Waals surface area contributed by atoms with E-state index in [2.05, 4.69) is 15.3 Å². The molecule has 0 aliphatic heterocycles. The fraction of sp³-hybridized carbons (Fsp3) is 0.231. The van der Waals surface area contributed by atoms with E-state index in [1.807, 2.05) is 24.3 Å². The summed E-state index contributed by atoms with van der Waals surface area (Å²) in [6.45, 7) is 0.137. The molecule has 0 radical (unpaired) electrons. The third kappa shape index (κ3) is 4.20. The normalized spacial score (nSPS) is 10.4. The number of carbonyl (C=O) groups is 2. The number of carboxylic acid groups (broad SMARTS) is 1. The number of carboxylic acids is 1. The lowest BCUT2D eigenvalue weighted by Crippen LogP contribution is -2.27. The number of hydrogen-bond acceptors (Lipinski definition) is 5. The van der Waals surface area contributed by atoms with Gasteiger partial charge in [0.1, 0.15) is 5.03 Å². The molecular weight excluding hydrogens is 278 g/mol. The molecule has 0 fully saturated rings. The lowest BCUT2D eigenvalue weighted by Gasteiger charge is -2.03. The summed E-state index contributed by atoms with van der Waals surface area (Å²) in [5.41, 5.74) is 1.59. The van der Waals surface area contributed by atoms with E-state index in [0.717, 1.165) is 11.0 Å². The number of hydrogen-bond donors (Lipinski definition) is 2. The summed E-state index contributed by atoms with van der Waals surface area (Å²) in [7, 11) is 0. The van der Waals surface area contributed by atoms with Gasteiger partial charge in [0.25, 0.3) is 0 Å². The first-order valence-electron chi connectivity index (χ1n) is 5.98. The van der Waals surface area contributed by atoms with Crippen LogP contribution < -0.4 is 5.32 Å². The second-order valence-corrected chi connectivity index (χ2v) is 4.97. The number of amides is 1. The van der Waals surface area contributed by atoms with Crippen molar-refractivity contribution < 1.29 is 14.7 Å². The Labute approximate surface area is 119 Å². The van der Waals surface area contributed by atoms with E-state index < -0.39 is 5.97 Å². The molecule has 1 amide bonds. The zero-order valence-electron chi connectivity index (χ0n) is 10.6. The van der Waals surface area contributed by atoms with Gasteiger partial charge in [0.2, 0.25) is 5.91 Å². The van der Waals surface area contributed by atoms with Gasteiger partial charge in [-0.2, -0.15) is 0 Å². The summed E-state index contributed by atoms with van der Waals surface area (Å²) >= 11 is 1.27. The quantitative estimate of drug-likeness (QED) is 0.780. The molecule has 6 nitrogen and oxygen atoms in total. The molecule has 1 heterocycles. The third-order valence-electron chi connectivity index (χ3n) is 2.44. The Morgan fingerprint density at radius 2 is 2.00 bits per heavy atom. The van der Waals surface area contributed by atoms with Crippen LogP contribution in [0.5, 0.6) is 0 Å². The van der Waals surface area contributed by atoms with Crippen LogP contribution in [-0.4, -0.2) is 39.2 Å². The number of aromatic nitrogens is 2. The molecule has 0 atom stereocenters. The highest BCUT2D eigenvalue weighted by Gasteiger charge is 2.05. The Morgan fingerprint density at radius 1 is 1.25 bits per heavy atom. The highest BCUT2D eigenvalue weighted by molar-refractivity contribution is 7.99. The first-order valence-corrected chi connectivity index (χ1v) is 6.97. The van der Waals surface area contributed by atoms with Crippen molar-refractivity contribution in [1.82, 2.24) is 15.3 Å². The maximum atomic E-state index is 11.5. The van der Waals surface area contributed by atoms with Gasteiger partial charge in [-0.3, -0.25) is 14.6 Å². The maximum Gasteiger partial charge on any atom is 0.305 e. The van der Waals surface area contributed by atoms with Crippen LogP contribution in [0.1, 0.15) is 6.42 Å². The summed E-state index contributed by atoms with van der Waals surface area (Å²) < 4.78 is 0.